The first-order valence-corrected chi connectivity index (χ1v) is 7.80. The van der Waals surface area contributed by atoms with Gasteiger partial charge in [0.2, 0.25) is 0 Å². The van der Waals surface area contributed by atoms with Crippen LogP contribution in [0, 0.1) is 0 Å². The Morgan fingerprint density at radius 1 is 1.15 bits per heavy atom. The molecule has 0 amide bonds. The first-order chi connectivity index (χ1) is 9.61. The topological polar surface area (TPSA) is 49.5 Å². The van der Waals surface area contributed by atoms with Gasteiger partial charge in [-0.1, -0.05) is 30.7 Å². The highest BCUT2D eigenvalue weighted by Gasteiger charge is 2.17. The second-order valence-corrected chi connectivity index (χ2v) is 6.38. The molecule has 3 heteroatoms. The van der Waals surface area contributed by atoms with Crippen molar-refractivity contribution < 1.29 is 5.11 Å². The summed E-state index contributed by atoms with van der Waals surface area (Å²) in [7, 11) is 0. The monoisotopic (exact) mass is 276 g/mol. The molecule has 1 aromatic carbocycles. The number of hydrogen-bond acceptors (Lipinski definition) is 3. The van der Waals surface area contributed by atoms with Crippen LogP contribution in [0.4, 0.5) is 0 Å². The number of nitrogens with zero attached hydrogens (tertiary/aromatic N) is 1. The maximum atomic E-state index is 9.14. The van der Waals surface area contributed by atoms with Crippen LogP contribution in [0.3, 0.4) is 0 Å². The summed E-state index contributed by atoms with van der Waals surface area (Å²) >= 11 is 0. The second kappa shape index (κ2) is 7.21. The van der Waals surface area contributed by atoms with E-state index in [-0.39, 0.29) is 6.61 Å². The van der Waals surface area contributed by atoms with E-state index in [1.165, 1.54) is 30.4 Å². The third kappa shape index (κ3) is 4.58. The van der Waals surface area contributed by atoms with Crippen LogP contribution in [0.2, 0.25) is 0 Å². The predicted molar refractivity (Wildman–Crippen MR) is 83.8 cm³/mol. The van der Waals surface area contributed by atoms with E-state index < -0.39 is 5.54 Å². The summed E-state index contributed by atoms with van der Waals surface area (Å²) in [5, 5.41) is 9.14. The molecule has 0 bridgehead atoms. The van der Waals surface area contributed by atoms with E-state index in [0.717, 1.165) is 32.5 Å². The molecule has 0 aromatic heterocycles. The lowest BCUT2D eigenvalue weighted by Crippen LogP contribution is -2.40. The summed E-state index contributed by atoms with van der Waals surface area (Å²) in [5.41, 5.74) is 8.58. The molecule has 2 rings (SSSR count). The highest BCUT2D eigenvalue weighted by atomic mass is 16.3. The van der Waals surface area contributed by atoms with Crippen LogP contribution in [0.5, 0.6) is 0 Å². The molecule has 1 aromatic rings. The highest BCUT2D eigenvalue weighted by Crippen LogP contribution is 2.16. The Morgan fingerprint density at radius 2 is 1.75 bits per heavy atom. The van der Waals surface area contributed by atoms with Crippen LogP contribution in [-0.4, -0.2) is 41.8 Å². The average molecular weight is 276 g/mol. The molecule has 1 aliphatic rings. The van der Waals surface area contributed by atoms with Crippen LogP contribution in [0.1, 0.15) is 37.3 Å². The SMILES string of the molecule is CC(N)(CO)CCCCN1CCc2ccccc2CC1. The maximum Gasteiger partial charge on any atom is 0.0608 e. The second-order valence-electron chi connectivity index (χ2n) is 6.38. The van der Waals surface area contributed by atoms with E-state index in [1.54, 1.807) is 0 Å². The van der Waals surface area contributed by atoms with Gasteiger partial charge in [0.15, 0.2) is 0 Å². The molecule has 0 saturated carbocycles. The van der Waals surface area contributed by atoms with E-state index in [0.29, 0.717) is 0 Å². The highest BCUT2D eigenvalue weighted by molar-refractivity contribution is 5.28. The molecule has 1 atom stereocenters. The molecule has 0 radical (unpaired) electrons. The summed E-state index contributed by atoms with van der Waals surface area (Å²) < 4.78 is 0. The zero-order chi connectivity index (χ0) is 14.4. The van der Waals surface area contributed by atoms with Gasteiger partial charge in [-0.2, -0.15) is 0 Å². The molecule has 1 aliphatic heterocycles. The van der Waals surface area contributed by atoms with Crippen molar-refractivity contribution >= 4 is 0 Å². The standard InChI is InChI=1S/C17H28N2O/c1-17(18,14-20)10-4-5-11-19-12-8-15-6-2-3-7-16(15)9-13-19/h2-3,6-7,20H,4-5,8-14,18H2,1H3. The maximum absolute atomic E-state index is 9.14. The van der Waals surface area contributed by atoms with Gasteiger partial charge in [-0.15, -0.1) is 0 Å². The molecule has 0 saturated heterocycles. The lowest BCUT2D eigenvalue weighted by molar-refractivity contribution is 0.194. The Kier molecular flexibility index (Phi) is 5.58. The zero-order valence-corrected chi connectivity index (χ0v) is 12.6. The Balaban J connectivity index is 1.71. The molecule has 0 fully saturated rings. The average Bonchev–Trinajstić information content (AvgIpc) is 2.66. The Hall–Kier alpha value is -0.900. The van der Waals surface area contributed by atoms with Crippen LogP contribution in [-0.2, 0) is 12.8 Å². The van der Waals surface area contributed by atoms with Crippen LogP contribution in [0.15, 0.2) is 24.3 Å². The van der Waals surface area contributed by atoms with Crippen LogP contribution < -0.4 is 5.73 Å². The van der Waals surface area contributed by atoms with Crippen molar-refractivity contribution in [1.82, 2.24) is 4.90 Å². The summed E-state index contributed by atoms with van der Waals surface area (Å²) in [6, 6.07) is 8.82. The van der Waals surface area contributed by atoms with Crippen molar-refractivity contribution in [3.63, 3.8) is 0 Å². The molecule has 1 unspecified atom stereocenters. The fourth-order valence-electron chi connectivity index (χ4n) is 2.88. The number of fused-ring (bicyclic) bond motifs is 1. The van der Waals surface area contributed by atoms with Crippen molar-refractivity contribution in [2.24, 2.45) is 5.73 Å². The minimum atomic E-state index is -0.408. The molecule has 20 heavy (non-hydrogen) atoms. The number of unbranched alkanes of at least 4 members (excludes halogenated alkanes) is 1. The number of rotatable bonds is 6. The third-order valence-electron chi connectivity index (χ3n) is 4.35. The normalized spacial score (nSPS) is 19.1. The van der Waals surface area contributed by atoms with E-state index >= 15 is 0 Å². The predicted octanol–water partition coefficient (Wildman–Crippen LogP) is 1.97. The molecule has 0 aliphatic carbocycles. The molecular weight excluding hydrogens is 248 g/mol. The van der Waals surface area contributed by atoms with Crippen LogP contribution >= 0.6 is 0 Å². The summed E-state index contributed by atoms with van der Waals surface area (Å²) in [4.78, 5) is 2.56. The van der Waals surface area contributed by atoms with Gasteiger partial charge < -0.3 is 15.7 Å². The smallest absolute Gasteiger partial charge is 0.0608 e. The minimum absolute atomic E-state index is 0.0754. The molecule has 3 nitrogen and oxygen atoms in total. The van der Waals surface area contributed by atoms with E-state index in [1.807, 2.05) is 6.92 Å². The lowest BCUT2D eigenvalue weighted by atomic mass is 9.97. The minimum Gasteiger partial charge on any atom is -0.394 e. The first kappa shape index (κ1) is 15.5. The van der Waals surface area contributed by atoms with Crippen molar-refractivity contribution in [1.29, 1.82) is 0 Å². The summed E-state index contributed by atoms with van der Waals surface area (Å²) in [6.45, 7) is 5.48. The van der Waals surface area contributed by atoms with E-state index in [2.05, 4.69) is 29.2 Å². The van der Waals surface area contributed by atoms with Gasteiger partial charge in [-0.05, 0) is 50.3 Å². The Bertz CT molecular complexity index is 390. The number of hydrogen-bond donors (Lipinski definition) is 2. The number of aliphatic hydroxyl groups is 1. The third-order valence-corrected chi connectivity index (χ3v) is 4.35. The van der Waals surface area contributed by atoms with Crippen molar-refractivity contribution in [2.75, 3.05) is 26.2 Å². The molecule has 3 N–H and O–H groups in total. The molecule has 112 valence electrons. The number of benzene rings is 1. The first-order valence-electron chi connectivity index (χ1n) is 7.80. The van der Waals surface area contributed by atoms with Crippen molar-refractivity contribution in [3.05, 3.63) is 35.4 Å². The van der Waals surface area contributed by atoms with Crippen LogP contribution in [0.25, 0.3) is 0 Å². The van der Waals surface area contributed by atoms with Crippen molar-refractivity contribution in [3.8, 4) is 0 Å². The zero-order valence-electron chi connectivity index (χ0n) is 12.6. The van der Waals surface area contributed by atoms with E-state index in [9.17, 15) is 0 Å². The molecular formula is C17H28N2O. The van der Waals surface area contributed by atoms with E-state index in [4.69, 9.17) is 10.8 Å². The van der Waals surface area contributed by atoms with Gasteiger partial charge in [-0.3, -0.25) is 0 Å². The van der Waals surface area contributed by atoms with Gasteiger partial charge in [0, 0.05) is 18.6 Å². The fraction of sp³-hybridized carbons (Fsp3) is 0.647. The fourth-order valence-corrected chi connectivity index (χ4v) is 2.88. The Labute approximate surface area is 122 Å². The van der Waals surface area contributed by atoms with Crippen molar-refractivity contribution in [2.45, 2.75) is 44.6 Å². The summed E-state index contributed by atoms with van der Waals surface area (Å²) in [6.07, 6.45) is 5.50. The molecule has 0 spiro atoms. The summed E-state index contributed by atoms with van der Waals surface area (Å²) in [5.74, 6) is 0. The van der Waals surface area contributed by atoms with Gasteiger partial charge in [0.25, 0.3) is 0 Å². The largest absolute Gasteiger partial charge is 0.394 e. The van der Waals surface area contributed by atoms with Gasteiger partial charge in [0.1, 0.15) is 0 Å². The van der Waals surface area contributed by atoms with Gasteiger partial charge in [0.05, 0.1) is 6.61 Å². The van der Waals surface area contributed by atoms with Gasteiger partial charge >= 0.3 is 0 Å². The quantitative estimate of drug-likeness (QED) is 0.781. The number of nitrogens with two attached hydrogens (primary N) is 1. The Morgan fingerprint density at radius 3 is 2.30 bits per heavy atom. The van der Waals surface area contributed by atoms with Gasteiger partial charge in [-0.25, -0.2) is 0 Å². The molecule has 1 heterocycles. The number of aliphatic hydroxyl groups excluding tert-OH is 1. The lowest BCUT2D eigenvalue weighted by Gasteiger charge is -2.23.